The van der Waals surface area contributed by atoms with Gasteiger partial charge in [0.05, 0.1) is 13.2 Å². The molecule has 2 unspecified atom stereocenters. The van der Waals surface area contributed by atoms with Crippen LogP contribution in [0.15, 0.2) is 42.5 Å². The van der Waals surface area contributed by atoms with Crippen molar-refractivity contribution in [1.29, 1.82) is 0 Å². The third-order valence-electron chi connectivity index (χ3n) is 4.15. The van der Waals surface area contributed by atoms with Gasteiger partial charge in [0.25, 0.3) is 0 Å². The van der Waals surface area contributed by atoms with Crippen molar-refractivity contribution in [3.05, 3.63) is 53.9 Å². The topological polar surface area (TPSA) is 21.3 Å². The Morgan fingerprint density at radius 1 is 1.05 bits per heavy atom. The average Bonchev–Trinajstić information content (AvgIpc) is 2.47. The predicted octanol–water partition coefficient (Wildman–Crippen LogP) is 3.12. The molecule has 20 heavy (non-hydrogen) atoms. The van der Waals surface area contributed by atoms with Crippen molar-refractivity contribution >= 4 is 16.3 Å². The summed E-state index contributed by atoms with van der Waals surface area (Å²) in [7, 11) is 0. The zero-order valence-corrected chi connectivity index (χ0v) is 11.1. The Kier molecular flexibility index (Phi) is 2.83. The number of halogens is 1. The fraction of sp³-hybridized carbons (Fsp3) is 0.294. The van der Waals surface area contributed by atoms with Crippen LogP contribution >= 0.6 is 0 Å². The van der Waals surface area contributed by atoms with Gasteiger partial charge in [-0.1, -0.05) is 36.4 Å². The lowest BCUT2D eigenvalue weighted by Gasteiger charge is -2.35. The molecule has 2 aliphatic heterocycles. The zero-order chi connectivity index (χ0) is 13.5. The van der Waals surface area contributed by atoms with Crippen LogP contribution in [0, 0.1) is 5.82 Å². The number of morpholine rings is 1. The molecule has 0 aromatic heterocycles. The Morgan fingerprint density at radius 2 is 1.90 bits per heavy atom. The molecule has 1 saturated heterocycles. The quantitative estimate of drug-likeness (QED) is 0.859. The van der Waals surface area contributed by atoms with Gasteiger partial charge in [0.2, 0.25) is 0 Å². The predicted molar refractivity (Wildman–Crippen MR) is 78.0 cm³/mol. The number of hydrogen-bond acceptors (Lipinski definition) is 2. The van der Waals surface area contributed by atoms with Crippen molar-refractivity contribution in [3.63, 3.8) is 0 Å². The highest BCUT2D eigenvalue weighted by atomic mass is 19.1. The fourth-order valence-electron chi connectivity index (χ4n) is 3.27. The molecule has 2 aromatic rings. The molecule has 2 aliphatic rings. The lowest BCUT2D eigenvalue weighted by molar-refractivity contribution is 0.0561. The van der Waals surface area contributed by atoms with E-state index in [2.05, 4.69) is 11.4 Å². The van der Waals surface area contributed by atoms with Crippen molar-refractivity contribution in [3.8, 4) is 0 Å². The Labute approximate surface area is 117 Å². The van der Waals surface area contributed by atoms with Gasteiger partial charge in [-0.3, -0.25) is 0 Å². The molecule has 2 nitrogen and oxygen atoms in total. The maximum Gasteiger partial charge on any atom is 0.131 e. The minimum atomic E-state index is -0.151. The first kappa shape index (κ1) is 12.1. The molecule has 3 heteroatoms. The molecule has 0 radical (unpaired) electrons. The van der Waals surface area contributed by atoms with E-state index in [1.165, 1.54) is 5.57 Å². The average molecular weight is 269 g/mol. The summed E-state index contributed by atoms with van der Waals surface area (Å²) in [5, 5.41) is 5.24. The summed E-state index contributed by atoms with van der Waals surface area (Å²) in [6.45, 7) is 1.48. The molecule has 102 valence electrons. The van der Waals surface area contributed by atoms with E-state index in [1.54, 1.807) is 6.07 Å². The Bertz CT molecular complexity index is 694. The van der Waals surface area contributed by atoms with Gasteiger partial charge in [-0.2, -0.15) is 0 Å². The molecule has 1 fully saturated rings. The van der Waals surface area contributed by atoms with Gasteiger partial charge in [0, 0.05) is 17.5 Å². The highest BCUT2D eigenvalue weighted by Crippen LogP contribution is 2.32. The van der Waals surface area contributed by atoms with Crippen LogP contribution in [0.25, 0.3) is 16.3 Å². The van der Waals surface area contributed by atoms with Crippen molar-refractivity contribution in [1.82, 2.24) is 5.32 Å². The Balaban J connectivity index is 1.86. The highest BCUT2D eigenvalue weighted by molar-refractivity contribution is 5.94. The molecule has 2 aromatic carbocycles. The highest BCUT2D eigenvalue weighted by Gasteiger charge is 2.27. The van der Waals surface area contributed by atoms with Crippen molar-refractivity contribution < 1.29 is 9.13 Å². The standard InChI is InChI=1S/C17H16FNO/c18-17-6-5-14(15-3-1-2-4-16(15)17)11-7-12-9-20-10-13(8-11)19-12/h1-7,12-13,19H,8-10H2. The maximum absolute atomic E-state index is 13.9. The van der Waals surface area contributed by atoms with Crippen molar-refractivity contribution in [2.45, 2.75) is 18.5 Å². The smallest absolute Gasteiger partial charge is 0.131 e. The summed E-state index contributed by atoms with van der Waals surface area (Å²) in [6.07, 6.45) is 3.17. The first-order valence-electron chi connectivity index (χ1n) is 7.03. The third-order valence-corrected chi connectivity index (χ3v) is 4.15. The summed E-state index contributed by atoms with van der Waals surface area (Å²) < 4.78 is 19.5. The van der Waals surface area contributed by atoms with E-state index in [-0.39, 0.29) is 11.9 Å². The van der Waals surface area contributed by atoms with E-state index in [0.717, 1.165) is 30.6 Å². The van der Waals surface area contributed by atoms with Crippen molar-refractivity contribution in [2.75, 3.05) is 13.2 Å². The Hall–Kier alpha value is -1.71. The number of nitrogens with one attached hydrogen (secondary N) is 1. The van der Waals surface area contributed by atoms with Crippen LogP contribution in [0.3, 0.4) is 0 Å². The van der Waals surface area contributed by atoms with Crippen LogP contribution in [0.4, 0.5) is 4.39 Å². The van der Waals surface area contributed by atoms with E-state index in [1.807, 2.05) is 30.3 Å². The van der Waals surface area contributed by atoms with Gasteiger partial charge in [-0.15, -0.1) is 0 Å². The number of fused-ring (bicyclic) bond motifs is 3. The van der Waals surface area contributed by atoms with Gasteiger partial charge in [-0.25, -0.2) is 4.39 Å². The summed E-state index contributed by atoms with van der Waals surface area (Å²) in [4.78, 5) is 0. The summed E-state index contributed by atoms with van der Waals surface area (Å²) in [5.41, 5.74) is 2.46. The lowest BCUT2D eigenvalue weighted by atomic mass is 9.89. The fourth-order valence-corrected chi connectivity index (χ4v) is 3.27. The first-order valence-corrected chi connectivity index (χ1v) is 7.03. The molecular formula is C17H16FNO. The zero-order valence-electron chi connectivity index (χ0n) is 11.1. The largest absolute Gasteiger partial charge is 0.378 e. The molecule has 2 bridgehead atoms. The monoisotopic (exact) mass is 269 g/mol. The SMILES string of the molecule is Fc1ccc(C2=CC3COCC(C2)N3)c2ccccc12. The van der Waals surface area contributed by atoms with E-state index in [0.29, 0.717) is 11.4 Å². The summed E-state index contributed by atoms with van der Waals surface area (Å²) in [6, 6.07) is 11.8. The van der Waals surface area contributed by atoms with E-state index < -0.39 is 0 Å². The van der Waals surface area contributed by atoms with Crippen LogP contribution in [0.2, 0.25) is 0 Å². The maximum atomic E-state index is 13.9. The molecule has 0 saturated carbocycles. The van der Waals surface area contributed by atoms with Crippen LogP contribution in [0.5, 0.6) is 0 Å². The van der Waals surface area contributed by atoms with E-state index in [4.69, 9.17) is 4.74 Å². The van der Waals surface area contributed by atoms with Crippen LogP contribution < -0.4 is 5.32 Å². The number of ether oxygens (including phenoxy) is 1. The minimum absolute atomic E-state index is 0.151. The summed E-state index contributed by atoms with van der Waals surface area (Å²) >= 11 is 0. The third kappa shape index (κ3) is 1.94. The molecular weight excluding hydrogens is 253 g/mol. The normalized spacial score (nSPS) is 25.6. The second-order valence-corrected chi connectivity index (χ2v) is 5.54. The van der Waals surface area contributed by atoms with Gasteiger partial charge in [0.1, 0.15) is 5.82 Å². The molecule has 0 spiro atoms. The number of benzene rings is 2. The van der Waals surface area contributed by atoms with Gasteiger partial charge >= 0.3 is 0 Å². The van der Waals surface area contributed by atoms with Crippen LogP contribution in [-0.4, -0.2) is 25.3 Å². The molecule has 0 amide bonds. The van der Waals surface area contributed by atoms with E-state index >= 15 is 0 Å². The lowest BCUT2D eigenvalue weighted by Crippen LogP contribution is -2.50. The molecule has 0 aliphatic carbocycles. The van der Waals surface area contributed by atoms with Crippen molar-refractivity contribution in [2.24, 2.45) is 0 Å². The van der Waals surface area contributed by atoms with Gasteiger partial charge in [0.15, 0.2) is 0 Å². The first-order chi connectivity index (χ1) is 9.81. The van der Waals surface area contributed by atoms with Crippen LogP contribution in [-0.2, 0) is 4.74 Å². The molecule has 2 atom stereocenters. The second-order valence-electron chi connectivity index (χ2n) is 5.54. The van der Waals surface area contributed by atoms with Gasteiger partial charge < -0.3 is 10.1 Å². The molecule has 2 heterocycles. The second kappa shape index (κ2) is 4.69. The number of hydrogen-bond donors (Lipinski definition) is 1. The molecule has 4 rings (SSSR count). The number of rotatable bonds is 1. The minimum Gasteiger partial charge on any atom is -0.378 e. The van der Waals surface area contributed by atoms with Gasteiger partial charge in [-0.05, 0) is 29.0 Å². The molecule has 1 N–H and O–H groups in total. The summed E-state index contributed by atoms with van der Waals surface area (Å²) in [5.74, 6) is -0.151. The Morgan fingerprint density at radius 3 is 2.75 bits per heavy atom. The van der Waals surface area contributed by atoms with Crippen LogP contribution in [0.1, 0.15) is 12.0 Å². The van der Waals surface area contributed by atoms with E-state index in [9.17, 15) is 4.39 Å².